The Hall–Kier alpha value is -1.43. The molecule has 5 heteroatoms. The van der Waals surface area contributed by atoms with E-state index in [0.717, 1.165) is 5.56 Å². The maximum atomic E-state index is 12.2. The summed E-state index contributed by atoms with van der Waals surface area (Å²) in [7, 11) is 0. The van der Waals surface area contributed by atoms with Crippen molar-refractivity contribution in [2.24, 2.45) is 11.7 Å². The average molecular weight is 292 g/mol. The first kappa shape index (κ1) is 15.9. The van der Waals surface area contributed by atoms with Gasteiger partial charge in [-0.2, -0.15) is 0 Å². The van der Waals surface area contributed by atoms with Crippen molar-refractivity contribution >= 4 is 5.91 Å². The fraction of sp³-hybridized carbons (Fsp3) is 0.562. The normalized spacial score (nSPS) is 20.5. The highest BCUT2D eigenvalue weighted by molar-refractivity contribution is 5.79. The molecule has 2 rings (SSSR count). The van der Waals surface area contributed by atoms with Crippen LogP contribution in [0.1, 0.15) is 31.4 Å². The molecule has 0 aromatic heterocycles. The third-order valence-electron chi connectivity index (χ3n) is 4.15. The van der Waals surface area contributed by atoms with E-state index in [2.05, 4.69) is 5.32 Å². The molecule has 1 aliphatic rings. The molecule has 1 saturated heterocycles. The SMILES string of the molecule is CC(C(=O)NCC1(O)CCOCC1)C(N)c1ccccc1. The zero-order chi connectivity index (χ0) is 15.3. The number of benzene rings is 1. The van der Waals surface area contributed by atoms with Crippen LogP contribution in [-0.2, 0) is 9.53 Å². The Labute approximate surface area is 125 Å². The number of hydrogen-bond donors (Lipinski definition) is 3. The summed E-state index contributed by atoms with van der Waals surface area (Å²) in [5.74, 6) is -0.484. The largest absolute Gasteiger partial charge is 0.388 e. The molecule has 1 amide bonds. The van der Waals surface area contributed by atoms with Crippen molar-refractivity contribution in [3.05, 3.63) is 35.9 Å². The molecular formula is C16H24N2O3. The molecule has 21 heavy (non-hydrogen) atoms. The smallest absolute Gasteiger partial charge is 0.224 e. The first-order valence-electron chi connectivity index (χ1n) is 7.40. The predicted molar refractivity (Wildman–Crippen MR) is 80.5 cm³/mol. The molecule has 116 valence electrons. The number of carbonyl (C=O) groups is 1. The van der Waals surface area contributed by atoms with E-state index in [4.69, 9.17) is 10.5 Å². The van der Waals surface area contributed by atoms with Gasteiger partial charge in [0, 0.05) is 38.6 Å². The van der Waals surface area contributed by atoms with Crippen LogP contribution in [0.4, 0.5) is 0 Å². The fourth-order valence-corrected chi connectivity index (χ4v) is 2.47. The standard InChI is InChI=1S/C16H24N2O3/c1-12(14(17)13-5-3-2-4-6-13)15(19)18-11-16(20)7-9-21-10-8-16/h2-6,12,14,20H,7-11,17H2,1H3,(H,18,19). The third-order valence-corrected chi connectivity index (χ3v) is 4.15. The Balaban J connectivity index is 1.87. The van der Waals surface area contributed by atoms with Gasteiger partial charge in [0.1, 0.15) is 0 Å². The zero-order valence-electron chi connectivity index (χ0n) is 12.4. The number of rotatable bonds is 5. The third kappa shape index (κ3) is 4.27. The quantitative estimate of drug-likeness (QED) is 0.755. The minimum absolute atomic E-state index is 0.133. The summed E-state index contributed by atoms with van der Waals surface area (Å²) in [6.07, 6.45) is 1.10. The van der Waals surface area contributed by atoms with Gasteiger partial charge in [0.2, 0.25) is 5.91 Å². The second kappa shape index (κ2) is 7.02. The van der Waals surface area contributed by atoms with Crippen molar-refractivity contribution in [3.63, 3.8) is 0 Å². The summed E-state index contributed by atoms with van der Waals surface area (Å²) >= 11 is 0. The first-order valence-corrected chi connectivity index (χ1v) is 7.40. The lowest BCUT2D eigenvalue weighted by atomic mass is 9.92. The van der Waals surface area contributed by atoms with Crippen molar-refractivity contribution in [1.82, 2.24) is 5.32 Å². The Kier molecular flexibility index (Phi) is 5.33. The lowest BCUT2D eigenvalue weighted by molar-refractivity contribution is -0.127. The molecule has 1 aromatic carbocycles. The second-order valence-corrected chi connectivity index (χ2v) is 5.78. The molecular weight excluding hydrogens is 268 g/mol. The summed E-state index contributed by atoms with van der Waals surface area (Å²) in [6.45, 7) is 3.12. The van der Waals surface area contributed by atoms with E-state index in [1.165, 1.54) is 0 Å². The van der Waals surface area contributed by atoms with E-state index < -0.39 is 5.60 Å². The molecule has 1 aromatic rings. The Morgan fingerprint density at radius 1 is 1.38 bits per heavy atom. The highest BCUT2D eigenvalue weighted by Gasteiger charge is 2.31. The van der Waals surface area contributed by atoms with Crippen molar-refractivity contribution in [2.45, 2.75) is 31.4 Å². The average Bonchev–Trinajstić information content (AvgIpc) is 2.53. The highest BCUT2D eigenvalue weighted by Crippen LogP contribution is 2.21. The topological polar surface area (TPSA) is 84.6 Å². The van der Waals surface area contributed by atoms with Gasteiger partial charge in [0.15, 0.2) is 0 Å². The van der Waals surface area contributed by atoms with E-state index in [1.807, 2.05) is 30.3 Å². The summed E-state index contributed by atoms with van der Waals surface area (Å²) < 4.78 is 5.22. The van der Waals surface area contributed by atoms with Gasteiger partial charge in [-0.1, -0.05) is 37.3 Å². The van der Waals surface area contributed by atoms with Crippen LogP contribution in [0.5, 0.6) is 0 Å². The Bertz CT molecular complexity index is 458. The lowest BCUT2D eigenvalue weighted by Crippen LogP contribution is -2.48. The minimum Gasteiger partial charge on any atom is -0.388 e. The van der Waals surface area contributed by atoms with E-state index in [1.54, 1.807) is 6.92 Å². The van der Waals surface area contributed by atoms with Crippen molar-refractivity contribution in [3.8, 4) is 0 Å². The van der Waals surface area contributed by atoms with Crippen LogP contribution in [0.15, 0.2) is 30.3 Å². The molecule has 1 fully saturated rings. The number of hydrogen-bond acceptors (Lipinski definition) is 4. The maximum absolute atomic E-state index is 12.2. The van der Waals surface area contributed by atoms with Gasteiger partial charge in [0.25, 0.3) is 0 Å². The van der Waals surface area contributed by atoms with Gasteiger partial charge in [0.05, 0.1) is 11.5 Å². The molecule has 1 heterocycles. The van der Waals surface area contributed by atoms with E-state index in [9.17, 15) is 9.90 Å². The number of ether oxygens (including phenoxy) is 1. The van der Waals surface area contributed by atoms with Crippen molar-refractivity contribution < 1.29 is 14.6 Å². The second-order valence-electron chi connectivity index (χ2n) is 5.78. The van der Waals surface area contributed by atoms with Gasteiger partial charge >= 0.3 is 0 Å². The molecule has 4 N–H and O–H groups in total. The van der Waals surface area contributed by atoms with E-state index in [-0.39, 0.29) is 24.4 Å². The fourth-order valence-electron chi connectivity index (χ4n) is 2.47. The van der Waals surface area contributed by atoms with Gasteiger partial charge in [-0.05, 0) is 5.56 Å². The van der Waals surface area contributed by atoms with Crippen LogP contribution in [0.3, 0.4) is 0 Å². The predicted octanol–water partition coefficient (Wildman–Crippen LogP) is 0.980. The van der Waals surface area contributed by atoms with Gasteiger partial charge in [-0.15, -0.1) is 0 Å². The van der Waals surface area contributed by atoms with Crippen molar-refractivity contribution in [1.29, 1.82) is 0 Å². The molecule has 2 atom stereocenters. The van der Waals surface area contributed by atoms with Crippen LogP contribution in [0.25, 0.3) is 0 Å². The monoisotopic (exact) mass is 292 g/mol. The molecule has 1 aliphatic heterocycles. The van der Waals surface area contributed by atoms with Crippen LogP contribution in [-0.4, -0.2) is 36.4 Å². The van der Waals surface area contributed by atoms with E-state index >= 15 is 0 Å². The number of nitrogens with two attached hydrogens (primary N) is 1. The van der Waals surface area contributed by atoms with Crippen LogP contribution < -0.4 is 11.1 Å². The summed E-state index contributed by atoms with van der Waals surface area (Å²) in [6, 6.07) is 9.22. The first-order chi connectivity index (χ1) is 10.0. The van der Waals surface area contributed by atoms with Crippen LogP contribution in [0, 0.1) is 5.92 Å². The van der Waals surface area contributed by atoms with Gasteiger partial charge in [-0.3, -0.25) is 4.79 Å². The van der Waals surface area contributed by atoms with Crippen LogP contribution >= 0.6 is 0 Å². The van der Waals surface area contributed by atoms with Gasteiger partial charge < -0.3 is 20.9 Å². The maximum Gasteiger partial charge on any atom is 0.224 e. The number of aliphatic hydroxyl groups is 1. The van der Waals surface area contributed by atoms with Crippen molar-refractivity contribution in [2.75, 3.05) is 19.8 Å². The summed E-state index contributed by atoms with van der Waals surface area (Å²) in [4.78, 5) is 12.2. The molecule has 2 unspecified atom stereocenters. The zero-order valence-corrected chi connectivity index (χ0v) is 12.4. The number of amides is 1. The lowest BCUT2D eigenvalue weighted by Gasteiger charge is -2.32. The Morgan fingerprint density at radius 2 is 2.00 bits per heavy atom. The molecule has 0 aliphatic carbocycles. The van der Waals surface area contributed by atoms with Gasteiger partial charge in [-0.25, -0.2) is 0 Å². The summed E-state index contributed by atoms with van der Waals surface area (Å²) in [5.41, 5.74) is 6.22. The highest BCUT2D eigenvalue weighted by atomic mass is 16.5. The summed E-state index contributed by atoms with van der Waals surface area (Å²) in [5, 5.41) is 13.2. The minimum atomic E-state index is -0.857. The molecule has 5 nitrogen and oxygen atoms in total. The Morgan fingerprint density at radius 3 is 2.62 bits per heavy atom. The molecule has 0 spiro atoms. The molecule has 0 bridgehead atoms. The van der Waals surface area contributed by atoms with Crippen LogP contribution in [0.2, 0.25) is 0 Å². The number of nitrogens with one attached hydrogen (secondary N) is 1. The number of carbonyl (C=O) groups excluding carboxylic acids is 1. The molecule has 0 radical (unpaired) electrons. The molecule has 0 saturated carbocycles. The van der Waals surface area contributed by atoms with E-state index in [0.29, 0.717) is 26.1 Å².